The fourth-order valence-electron chi connectivity index (χ4n) is 3.58. The van der Waals surface area contributed by atoms with Crippen molar-refractivity contribution in [2.75, 3.05) is 13.7 Å². The first-order valence-corrected chi connectivity index (χ1v) is 9.14. The number of carbonyl (C=O) groups excluding carboxylic acids is 1. The summed E-state index contributed by atoms with van der Waals surface area (Å²) in [6, 6.07) is 17.7. The maximum absolute atomic E-state index is 13.0. The minimum absolute atomic E-state index is 0.0865. The summed E-state index contributed by atoms with van der Waals surface area (Å²) in [6.45, 7) is 2.79. The van der Waals surface area contributed by atoms with Crippen LogP contribution in [-0.4, -0.2) is 29.6 Å². The van der Waals surface area contributed by atoms with Crippen LogP contribution < -0.4 is 4.74 Å². The predicted molar refractivity (Wildman–Crippen MR) is 103 cm³/mol. The third-order valence-electron chi connectivity index (χ3n) is 5.06. The highest BCUT2D eigenvalue weighted by atomic mass is 16.5. The van der Waals surface area contributed by atoms with Crippen molar-refractivity contribution in [2.45, 2.75) is 25.8 Å². The van der Waals surface area contributed by atoms with Gasteiger partial charge < -0.3 is 14.2 Å². The van der Waals surface area contributed by atoms with Gasteiger partial charge in [0.25, 0.3) is 5.91 Å². The summed E-state index contributed by atoms with van der Waals surface area (Å²) < 4.78 is 10.6. The molecule has 0 radical (unpaired) electrons. The van der Waals surface area contributed by atoms with Crippen LogP contribution in [0.15, 0.2) is 59.1 Å². The number of amides is 1. The monoisotopic (exact) mass is 362 g/mol. The molecule has 1 aliphatic rings. The topological polar surface area (TPSA) is 55.6 Å². The third kappa shape index (κ3) is 3.45. The van der Waals surface area contributed by atoms with Crippen molar-refractivity contribution in [2.24, 2.45) is 0 Å². The van der Waals surface area contributed by atoms with Crippen LogP contribution in [0.2, 0.25) is 0 Å². The zero-order valence-electron chi connectivity index (χ0n) is 15.5. The maximum Gasteiger partial charge on any atom is 0.292 e. The number of carbonyl (C=O) groups is 1. The molecule has 1 amide bonds. The Hall–Kier alpha value is -3.08. The third-order valence-corrected chi connectivity index (χ3v) is 5.06. The predicted octanol–water partition coefficient (Wildman–Crippen LogP) is 4.64. The number of hydrogen-bond donors (Lipinski definition) is 0. The van der Waals surface area contributed by atoms with E-state index in [-0.39, 0.29) is 17.7 Å². The fourth-order valence-corrected chi connectivity index (χ4v) is 3.58. The van der Waals surface area contributed by atoms with Crippen molar-refractivity contribution >= 4 is 5.91 Å². The van der Waals surface area contributed by atoms with Crippen molar-refractivity contribution in [3.63, 3.8) is 0 Å². The number of nitrogens with zero attached hydrogens (tertiary/aromatic N) is 2. The van der Waals surface area contributed by atoms with Crippen LogP contribution in [0.4, 0.5) is 0 Å². The minimum atomic E-state index is -0.111. The molecule has 1 saturated heterocycles. The summed E-state index contributed by atoms with van der Waals surface area (Å²) >= 11 is 0. The highest BCUT2D eigenvalue weighted by molar-refractivity contribution is 5.93. The number of aromatic nitrogens is 1. The van der Waals surface area contributed by atoms with Crippen LogP contribution >= 0.6 is 0 Å². The first kappa shape index (κ1) is 17.3. The van der Waals surface area contributed by atoms with E-state index in [2.05, 4.69) is 36.3 Å². The van der Waals surface area contributed by atoms with Crippen molar-refractivity contribution in [3.05, 3.63) is 71.5 Å². The second kappa shape index (κ2) is 7.27. The van der Waals surface area contributed by atoms with Gasteiger partial charge in [-0.1, -0.05) is 47.1 Å². The van der Waals surface area contributed by atoms with Gasteiger partial charge >= 0.3 is 0 Å². The number of likely N-dealkylation sites (tertiary alicyclic amines) is 1. The molecule has 2 aromatic carbocycles. The Morgan fingerprint density at radius 1 is 1.19 bits per heavy atom. The van der Waals surface area contributed by atoms with Crippen LogP contribution in [0.1, 0.15) is 40.6 Å². The molecule has 5 heteroatoms. The van der Waals surface area contributed by atoms with E-state index in [0.717, 1.165) is 30.7 Å². The Morgan fingerprint density at radius 3 is 2.78 bits per heavy atom. The zero-order valence-corrected chi connectivity index (χ0v) is 15.5. The largest absolute Gasteiger partial charge is 0.497 e. The van der Waals surface area contributed by atoms with E-state index in [1.165, 1.54) is 11.1 Å². The van der Waals surface area contributed by atoms with Crippen molar-refractivity contribution in [1.82, 2.24) is 10.1 Å². The highest BCUT2D eigenvalue weighted by Crippen LogP contribution is 2.34. The zero-order chi connectivity index (χ0) is 18.8. The molecule has 0 unspecified atom stereocenters. The lowest BCUT2D eigenvalue weighted by Crippen LogP contribution is -2.30. The van der Waals surface area contributed by atoms with E-state index in [0.29, 0.717) is 5.69 Å². The molecule has 1 aliphatic heterocycles. The Morgan fingerprint density at radius 2 is 2.00 bits per heavy atom. The van der Waals surface area contributed by atoms with Gasteiger partial charge in [-0.05, 0) is 37.5 Å². The van der Waals surface area contributed by atoms with Crippen molar-refractivity contribution in [1.29, 1.82) is 0 Å². The second-order valence-corrected chi connectivity index (χ2v) is 6.88. The van der Waals surface area contributed by atoms with E-state index in [9.17, 15) is 4.79 Å². The average molecular weight is 362 g/mol. The SMILES string of the molecule is COc1cccc(-c2cc(C(=O)N3CCC[C@H]3c3ccc(C)cc3)on2)c1. The number of rotatable bonds is 4. The van der Waals surface area contributed by atoms with E-state index >= 15 is 0 Å². The van der Waals surface area contributed by atoms with Gasteiger partial charge in [-0.25, -0.2) is 0 Å². The molecule has 138 valence electrons. The summed E-state index contributed by atoms with van der Waals surface area (Å²) in [7, 11) is 1.62. The molecule has 0 N–H and O–H groups in total. The van der Waals surface area contributed by atoms with Crippen LogP contribution in [-0.2, 0) is 0 Å². The highest BCUT2D eigenvalue weighted by Gasteiger charge is 2.32. The van der Waals surface area contributed by atoms with Crippen LogP contribution in [0.5, 0.6) is 5.75 Å². The summed E-state index contributed by atoms with van der Waals surface area (Å²) in [5, 5.41) is 4.09. The number of benzene rings is 2. The Balaban J connectivity index is 1.57. The van der Waals surface area contributed by atoms with Crippen LogP contribution in [0.25, 0.3) is 11.3 Å². The molecule has 5 nitrogen and oxygen atoms in total. The quantitative estimate of drug-likeness (QED) is 0.679. The van der Waals surface area contributed by atoms with Gasteiger partial charge in [-0.15, -0.1) is 0 Å². The molecule has 27 heavy (non-hydrogen) atoms. The number of hydrogen-bond acceptors (Lipinski definition) is 4. The molecular weight excluding hydrogens is 340 g/mol. The van der Waals surface area contributed by atoms with Gasteiger partial charge in [0, 0.05) is 18.2 Å². The van der Waals surface area contributed by atoms with Gasteiger partial charge in [0.05, 0.1) is 13.2 Å². The first-order chi connectivity index (χ1) is 13.2. The van der Waals surface area contributed by atoms with Gasteiger partial charge in [0.1, 0.15) is 11.4 Å². The van der Waals surface area contributed by atoms with Crippen molar-refractivity contribution < 1.29 is 14.1 Å². The lowest BCUT2D eigenvalue weighted by atomic mass is 10.0. The van der Waals surface area contributed by atoms with Gasteiger partial charge in [-0.2, -0.15) is 0 Å². The molecule has 0 bridgehead atoms. The molecule has 0 saturated carbocycles. The summed E-state index contributed by atoms with van der Waals surface area (Å²) in [6.07, 6.45) is 1.95. The van der Waals surface area contributed by atoms with E-state index < -0.39 is 0 Å². The molecule has 4 rings (SSSR count). The van der Waals surface area contributed by atoms with Crippen LogP contribution in [0.3, 0.4) is 0 Å². The van der Waals surface area contributed by atoms with E-state index in [4.69, 9.17) is 9.26 Å². The second-order valence-electron chi connectivity index (χ2n) is 6.88. The molecule has 1 aromatic heterocycles. The van der Waals surface area contributed by atoms with Gasteiger partial charge in [-0.3, -0.25) is 4.79 Å². The van der Waals surface area contributed by atoms with Crippen LogP contribution in [0, 0.1) is 6.92 Å². The average Bonchev–Trinajstić information content (AvgIpc) is 3.38. The maximum atomic E-state index is 13.0. The lowest BCUT2D eigenvalue weighted by Gasteiger charge is -2.24. The normalized spacial score (nSPS) is 16.5. The molecule has 1 fully saturated rings. The Bertz CT molecular complexity index is 946. The van der Waals surface area contributed by atoms with Gasteiger partial charge in [0.2, 0.25) is 5.76 Å². The lowest BCUT2D eigenvalue weighted by molar-refractivity contribution is 0.0693. The summed E-state index contributed by atoms with van der Waals surface area (Å²) in [5.41, 5.74) is 3.86. The molecule has 1 atom stereocenters. The number of methoxy groups -OCH3 is 1. The Kier molecular flexibility index (Phi) is 4.67. The summed E-state index contributed by atoms with van der Waals surface area (Å²) in [5.74, 6) is 0.897. The summed E-state index contributed by atoms with van der Waals surface area (Å²) in [4.78, 5) is 14.9. The molecule has 3 aromatic rings. The molecule has 2 heterocycles. The molecule has 0 aliphatic carbocycles. The fraction of sp³-hybridized carbons (Fsp3) is 0.273. The molecule has 0 spiro atoms. The first-order valence-electron chi connectivity index (χ1n) is 9.14. The number of ether oxygens (including phenoxy) is 1. The Labute approximate surface area is 158 Å². The molecular formula is C22H22N2O3. The van der Waals surface area contributed by atoms with E-state index in [1.54, 1.807) is 13.2 Å². The smallest absolute Gasteiger partial charge is 0.292 e. The van der Waals surface area contributed by atoms with E-state index in [1.807, 2.05) is 29.2 Å². The number of aryl methyl sites for hydroxylation is 1. The minimum Gasteiger partial charge on any atom is -0.497 e. The standard InChI is InChI=1S/C22H22N2O3/c1-15-8-10-16(11-9-15)20-7-4-12-24(20)22(25)21-14-19(23-27-21)17-5-3-6-18(13-17)26-2/h3,5-6,8-11,13-14,20H,4,7,12H2,1-2H3/t20-/m0/s1. The van der Waals surface area contributed by atoms with Crippen molar-refractivity contribution in [3.8, 4) is 17.0 Å². The van der Waals surface area contributed by atoms with Gasteiger partial charge in [0.15, 0.2) is 0 Å².